The molecule has 25 heavy (non-hydrogen) atoms. The molecule has 0 saturated heterocycles. The normalized spacial score (nSPS) is 11.2. The van der Waals surface area contributed by atoms with Crippen molar-refractivity contribution >= 4 is 26.7 Å². The van der Waals surface area contributed by atoms with Gasteiger partial charge in [0.05, 0.1) is 4.90 Å². The summed E-state index contributed by atoms with van der Waals surface area (Å²) in [7, 11) is -3.85. The van der Waals surface area contributed by atoms with Crippen molar-refractivity contribution in [1.29, 1.82) is 0 Å². The van der Waals surface area contributed by atoms with Gasteiger partial charge in [-0.3, -0.25) is 4.79 Å². The van der Waals surface area contributed by atoms with Gasteiger partial charge in [-0.25, -0.2) is 13.1 Å². The highest BCUT2D eigenvalue weighted by Gasteiger charge is 2.15. The maximum absolute atomic E-state index is 12.0. The van der Waals surface area contributed by atoms with Crippen LogP contribution in [0.3, 0.4) is 0 Å². The molecular formula is C19H17NO4S. The number of ether oxygens (including phenoxy) is 1. The largest absolute Gasteiger partial charge is 0.489 e. The third-order valence-electron chi connectivity index (χ3n) is 3.61. The molecule has 0 bridgehead atoms. The van der Waals surface area contributed by atoms with Crippen molar-refractivity contribution < 1.29 is 17.9 Å². The van der Waals surface area contributed by atoms with E-state index in [0.29, 0.717) is 11.3 Å². The van der Waals surface area contributed by atoms with Crippen molar-refractivity contribution in [3.8, 4) is 5.75 Å². The summed E-state index contributed by atoms with van der Waals surface area (Å²) in [6.45, 7) is 1.38. The van der Waals surface area contributed by atoms with Crippen molar-refractivity contribution in [2.45, 2.75) is 18.4 Å². The van der Waals surface area contributed by atoms with Gasteiger partial charge in [0, 0.05) is 6.92 Å². The van der Waals surface area contributed by atoms with Crippen LogP contribution < -0.4 is 9.46 Å². The molecule has 0 aliphatic rings. The number of carbonyl (C=O) groups excluding carboxylic acids is 1. The third kappa shape index (κ3) is 4.16. The molecule has 0 spiro atoms. The highest BCUT2D eigenvalue weighted by Crippen LogP contribution is 2.22. The molecular weight excluding hydrogens is 338 g/mol. The number of benzene rings is 3. The van der Waals surface area contributed by atoms with Gasteiger partial charge in [-0.05, 0) is 40.6 Å². The SMILES string of the molecule is CC(=O)NS(=O)(=O)c1cccc(COc2ccc3ccccc3c2)c1. The van der Waals surface area contributed by atoms with Crippen molar-refractivity contribution in [1.82, 2.24) is 4.72 Å². The van der Waals surface area contributed by atoms with Crippen LogP contribution >= 0.6 is 0 Å². The summed E-state index contributed by atoms with van der Waals surface area (Å²) in [4.78, 5) is 11.1. The molecule has 0 saturated carbocycles. The number of rotatable bonds is 5. The lowest BCUT2D eigenvalue weighted by Gasteiger charge is -2.09. The summed E-state index contributed by atoms with van der Waals surface area (Å²) in [5.74, 6) is 0.0756. The second-order valence-corrected chi connectivity index (χ2v) is 7.29. The van der Waals surface area contributed by atoms with Gasteiger partial charge < -0.3 is 4.74 Å². The lowest BCUT2D eigenvalue weighted by atomic mass is 10.1. The van der Waals surface area contributed by atoms with Crippen molar-refractivity contribution in [3.05, 3.63) is 72.3 Å². The molecule has 3 rings (SSSR count). The molecule has 0 radical (unpaired) electrons. The molecule has 128 valence electrons. The van der Waals surface area contributed by atoms with Gasteiger partial charge in [-0.2, -0.15) is 0 Å². The Morgan fingerprint density at radius 2 is 1.72 bits per heavy atom. The monoisotopic (exact) mass is 355 g/mol. The molecule has 0 fully saturated rings. The summed E-state index contributed by atoms with van der Waals surface area (Å²) in [6, 6.07) is 20.1. The van der Waals surface area contributed by atoms with Gasteiger partial charge in [0.2, 0.25) is 5.91 Å². The topological polar surface area (TPSA) is 72.5 Å². The van der Waals surface area contributed by atoms with E-state index in [9.17, 15) is 13.2 Å². The van der Waals surface area contributed by atoms with Crippen LogP contribution in [0.5, 0.6) is 5.75 Å². The second kappa shape index (κ2) is 6.94. The Labute approximate surface area is 146 Å². The molecule has 0 atom stereocenters. The predicted octanol–water partition coefficient (Wildman–Crippen LogP) is 3.24. The third-order valence-corrected chi connectivity index (χ3v) is 5.04. The number of sulfonamides is 1. The van der Waals surface area contributed by atoms with E-state index in [-0.39, 0.29) is 11.5 Å². The average Bonchev–Trinajstić information content (AvgIpc) is 2.59. The van der Waals surface area contributed by atoms with Crippen molar-refractivity contribution in [3.63, 3.8) is 0 Å². The Morgan fingerprint density at radius 1 is 0.960 bits per heavy atom. The Morgan fingerprint density at radius 3 is 2.48 bits per heavy atom. The van der Waals surface area contributed by atoms with Gasteiger partial charge in [-0.15, -0.1) is 0 Å². The highest BCUT2D eigenvalue weighted by molar-refractivity contribution is 7.90. The summed E-state index contributed by atoms with van der Waals surface area (Å²) >= 11 is 0. The molecule has 5 nitrogen and oxygen atoms in total. The van der Waals surface area contributed by atoms with E-state index in [2.05, 4.69) is 0 Å². The average molecular weight is 355 g/mol. The van der Waals surface area contributed by atoms with Gasteiger partial charge in [-0.1, -0.05) is 42.5 Å². The minimum absolute atomic E-state index is 0.0299. The number of nitrogens with one attached hydrogen (secondary N) is 1. The standard InChI is InChI=1S/C19H17NO4S/c1-14(21)20-25(22,23)19-8-4-5-15(11-19)13-24-18-10-9-16-6-2-3-7-17(16)12-18/h2-12H,13H2,1H3,(H,20,21). The molecule has 0 aliphatic carbocycles. The van der Waals surface area contributed by atoms with E-state index in [1.54, 1.807) is 12.1 Å². The van der Waals surface area contributed by atoms with Crippen LogP contribution in [-0.4, -0.2) is 14.3 Å². The highest BCUT2D eigenvalue weighted by atomic mass is 32.2. The van der Waals surface area contributed by atoms with Crippen molar-refractivity contribution in [2.24, 2.45) is 0 Å². The minimum Gasteiger partial charge on any atom is -0.489 e. The van der Waals surface area contributed by atoms with Gasteiger partial charge in [0.1, 0.15) is 12.4 Å². The van der Waals surface area contributed by atoms with Gasteiger partial charge in [0.25, 0.3) is 10.0 Å². The number of carbonyl (C=O) groups is 1. The fourth-order valence-electron chi connectivity index (χ4n) is 2.47. The van der Waals surface area contributed by atoms with E-state index >= 15 is 0 Å². The number of hydrogen-bond donors (Lipinski definition) is 1. The van der Waals surface area contributed by atoms with Crippen LogP contribution in [0.25, 0.3) is 10.8 Å². The lowest BCUT2D eigenvalue weighted by molar-refractivity contribution is -0.117. The molecule has 0 aromatic heterocycles. The zero-order chi connectivity index (χ0) is 17.9. The second-order valence-electron chi connectivity index (χ2n) is 5.61. The number of hydrogen-bond acceptors (Lipinski definition) is 4. The molecule has 3 aromatic rings. The van der Waals surface area contributed by atoms with Crippen LogP contribution in [0.2, 0.25) is 0 Å². The number of fused-ring (bicyclic) bond motifs is 1. The Hall–Kier alpha value is -2.86. The van der Waals surface area contributed by atoms with E-state index in [1.165, 1.54) is 12.1 Å². The Bertz CT molecular complexity index is 1030. The maximum atomic E-state index is 12.0. The van der Waals surface area contributed by atoms with Gasteiger partial charge in [0.15, 0.2) is 0 Å². The molecule has 0 heterocycles. The van der Waals surface area contributed by atoms with E-state index in [1.807, 2.05) is 47.2 Å². The van der Waals surface area contributed by atoms with E-state index in [0.717, 1.165) is 17.7 Å². The minimum atomic E-state index is -3.85. The molecule has 0 unspecified atom stereocenters. The van der Waals surface area contributed by atoms with Gasteiger partial charge >= 0.3 is 0 Å². The summed E-state index contributed by atoms with van der Waals surface area (Å²) in [5, 5.41) is 2.19. The van der Waals surface area contributed by atoms with Crippen molar-refractivity contribution in [2.75, 3.05) is 0 Å². The smallest absolute Gasteiger partial charge is 0.264 e. The molecule has 6 heteroatoms. The zero-order valence-corrected chi connectivity index (χ0v) is 14.4. The molecule has 0 aliphatic heterocycles. The summed E-state index contributed by atoms with van der Waals surface area (Å²) in [5.41, 5.74) is 0.694. The van der Waals surface area contributed by atoms with E-state index < -0.39 is 15.9 Å². The first-order valence-electron chi connectivity index (χ1n) is 7.68. The molecule has 1 N–H and O–H groups in total. The summed E-state index contributed by atoms with van der Waals surface area (Å²) < 4.78 is 31.8. The Kier molecular flexibility index (Phi) is 4.72. The zero-order valence-electron chi connectivity index (χ0n) is 13.6. The first-order valence-corrected chi connectivity index (χ1v) is 9.16. The van der Waals surface area contributed by atoms with Crippen LogP contribution in [0.4, 0.5) is 0 Å². The van der Waals surface area contributed by atoms with Crippen LogP contribution in [0.1, 0.15) is 12.5 Å². The van der Waals surface area contributed by atoms with Crippen LogP contribution in [0.15, 0.2) is 71.6 Å². The quantitative estimate of drug-likeness (QED) is 0.762. The first-order chi connectivity index (χ1) is 11.9. The van der Waals surface area contributed by atoms with Crippen LogP contribution in [0, 0.1) is 0 Å². The molecule has 1 amide bonds. The maximum Gasteiger partial charge on any atom is 0.264 e. The van der Waals surface area contributed by atoms with E-state index in [4.69, 9.17) is 4.74 Å². The lowest BCUT2D eigenvalue weighted by Crippen LogP contribution is -2.28. The Balaban J connectivity index is 1.76. The molecule has 3 aromatic carbocycles. The summed E-state index contributed by atoms with van der Waals surface area (Å²) in [6.07, 6.45) is 0. The van der Waals surface area contributed by atoms with Crippen LogP contribution in [-0.2, 0) is 21.4 Å². The fraction of sp³-hybridized carbons (Fsp3) is 0.105. The number of amides is 1. The fourth-order valence-corrected chi connectivity index (χ4v) is 3.53. The first kappa shape index (κ1) is 17.0. The predicted molar refractivity (Wildman–Crippen MR) is 95.7 cm³/mol.